The van der Waals surface area contributed by atoms with Crippen molar-refractivity contribution in [2.24, 2.45) is 0 Å². The van der Waals surface area contributed by atoms with E-state index in [1.165, 1.54) is 6.92 Å². The second kappa shape index (κ2) is 4.93. The van der Waals surface area contributed by atoms with E-state index >= 15 is 0 Å². The van der Waals surface area contributed by atoms with Crippen molar-refractivity contribution in [2.45, 2.75) is 12.5 Å². The van der Waals surface area contributed by atoms with Crippen molar-refractivity contribution < 1.29 is 23.0 Å². The maximum absolute atomic E-state index is 12.9. The van der Waals surface area contributed by atoms with E-state index in [2.05, 4.69) is 9.47 Å². The van der Waals surface area contributed by atoms with Gasteiger partial charge in [0.25, 0.3) is 0 Å². The van der Waals surface area contributed by atoms with E-state index in [9.17, 15) is 13.6 Å². The molecule has 1 atom stereocenters. The Labute approximate surface area is 89.5 Å². The first kappa shape index (κ1) is 11.7. The standard InChI is InChI=1S/C9H7ClF2O3/c1-5(10)14-9(13)15-8-6(11)3-2-4-7(8)12/h2-5H,1H3/t5-/m0/s1. The summed E-state index contributed by atoms with van der Waals surface area (Å²) in [5, 5.41) is 0. The Morgan fingerprint density at radius 3 is 2.40 bits per heavy atom. The number of benzene rings is 1. The topological polar surface area (TPSA) is 35.5 Å². The zero-order valence-corrected chi connectivity index (χ0v) is 8.42. The average molecular weight is 237 g/mol. The number of carbonyl (C=O) groups is 1. The van der Waals surface area contributed by atoms with Crippen LogP contribution in [0.1, 0.15) is 6.92 Å². The Kier molecular flexibility index (Phi) is 3.85. The Bertz CT molecular complexity index is 348. The normalized spacial score (nSPS) is 12.0. The fraction of sp³-hybridized carbons (Fsp3) is 0.222. The molecule has 1 aromatic carbocycles. The highest BCUT2D eigenvalue weighted by atomic mass is 35.5. The van der Waals surface area contributed by atoms with E-state index in [1.807, 2.05) is 0 Å². The monoisotopic (exact) mass is 236 g/mol. The smallest absolute Gasteiger partial charge is 0.415 e. The van der Waals surface area contributed by atoms with Crippen LogP contribution in [0, 0.1) is 11.6 Å². The Morgan fingerprint density at radius 2 is 1.93 bits per heavy atom. The van der Waals surface area contributed by atoms with E-state index < -0.39 is 29.1 Å². The summed E-state index contributed by atoms with van der Waals surface area (Å²) in [6, 6.07) is 3.05. The molecule has 0 bridgehead atoms. The van der Waals surface area contributed by atoms with Gasteiger partial charge in [0.15, 0.2) is 17.2 Å². The van der Waals surface area contributed by atoms with Gasteiger partial charge in [0.2, 0.25) is 5.75 Å². The SMILES string of the molecule is C[C@@H](Cl)OC(=O)Oc1c(F)cccc1F. The molecule has 0 aliphatic heterocycles. The number of hydrogen-bond donors (Lipinski definition) is 0. The molecule has 0 fully saturated rings. The number of para-hydroxylation sites is 1. The average Bonchev–Trinajstić information content (AvgIpc) is 2.10. The van der Waals surface area contributed by atoms with Crippen molar-refractivity contribution in [3.8, 4) is 5.75 Å². The van der Waals surface area contributed by atoms with Crippen LogP contribution in [0.15, 0.2) is 18.2 Å². The van der Waals surface area contributed by atoms with Gasteiger partial charge in [0, 0.05) is 0 Å². The Hall–Kier alpha value is -1.36. The molecule has 0 spiro atoms. The van der Waals surface area contributed by atoms with Crippen LogP contribution in [0.25, 0.3) is 0 Å². The highest BCUT2D eigenvalue weighted by Crippen LogP contribution is 2.21. The van der Waals surface area contributed by atoms with E-state index in [0.29, 0.717) is 0 Å². The molecule has 0 N–H and O–H groups in total. The molecule has 0 heterocycles. The molecule has 82 valence electrons. The molecule has 1 rings (SSSR count). The minimum atomic E-state index is -1.26. The quantitative estimate of drug-likeness (QED) is 0.450. The predicted molar refractivity (Wildman–Crippen MR) is 48.8 cm³/mol. The summed E-state index contributed by atoms with van der Waals surface area (Å²) in [6.07, 6.45) is -1.26. The molecule has 0 aromatic heterocycles. The van der Waals surface area contributed by atoms with E-state index in [1.54, 1.807) is 0 Å². The summed E-state index contributed by atoms with van der Waals surface area (Å²) in [6.45, 7) is 1.36. The summed E-state index contributed by atoms with van der Waals surface area (Å²) < 4.78 is 34.5. The minimum absolute atomic E-state index is 0.806. The molecule has 15 heavy (non-hydrogen) atoms. The van der Waals surface area contributed by atoms with Gasteiger partial charge in [-0.3, -0.25) is 0 Å². The van der Waals surface area contributed by atoms with Crippen molar-refractivity contribution in [3.05, 3.63) is 29.8 Å². The lowest BCUT2D eigenvalue weighted by Gasteiger charge is -2.07. The van der Waals surface area contributed by atoms with Crippen LogP contribution in [-0.4, -0.2) is 11.7 Å². The molecular formula is C9H7ClF2O3. The van der Waals surface area contributed by atoms with Crippen molar-refractivity contribution in [2.75, 3.05) is 0 Å². The summed E-state index contributed by atoms with van der Waals surface area (Å²) >= 11 is 5.31. The molecule has 0 unspecified atom stereocenters. The molecule has 0 aliphatic carbocycles. The van der Waals surface area contributed by atoms with Crippen molar-refractivity contribution in [1.82, 2.24) is 0 Å². The fourth-order valence-corrected chi connectivity index (χ4v) is 0.893. The third-order valence-electron chi connectivity index (χ3n) is 1.36. The van der Waals surface area contributed by atoms with Gasteiger partial charge >= 0.3 is 6.16 Å². The van der Waals surface area contributed by atoms with Crippen LogP contribution in [-0.2, 0) is 4.74 Å². The maximum Gasteiger partial charge on any atom is 0.515 e. The first-order valence-electron chi connectivity index (χ1n) is 3.97. The van der Waals surface area contributed by atoms with Crippen LogP contribution < -0.4 is 4.74 Å². The van der Waals surface area contributed by atoms with Crippen LogP contribution in [0.5, 0.6) is 5.75 Å². The number of halogens is 3. The zero-order chi connectivity index (χ0) is 11.4. The van der Waals surface area contributed by atoms with Crippen molar-refractivity contribution in [3.63, 3.8) is 0 Å². The Balaban J connectivity index is 2.76. The summed E-state index contributed by atoms with van der Waals surface area (Å²) in [4.78, 5) is 10.9. The van der Waals surface area contributed by atoms with Crippen molar-refractivity contribution in [1.29, 1.82) is 0 Å². The summed E-state index contributed by atoms with van der Waals surface area (Å²) in [5.74, 6) is -2.79. The van der Waals surface area contributed by atoms with Gasteiger partial charge in [-0.2, -0.15) is 0 Å². The number of carbonyl (C=O) groups excluding carboxylic acids is 1. The number of rotatable bonds is 2. The lowest BCUT2D eigenvalue weighted by atomic mass is 10.3. The lowest BCUT2D eigenvalue weighted by molar-refractivity contribution is 0.0893. The third-order valence-corrected chi connectivity index (χ3v) is 1.45. The number of ether oxygens (including phenoxy) is 2. The molecule has 3 nitrogen and oxygen atoms in total. The molecule has 1 aromatic rings. The van der Waals surface area contributed by atoms with Crippen LogP contribution >= 0.6 is 11.6 Å². The van der Waals surface area contributed by atoms with Gasteiger partial charge in [-0.25, -0.2) is 13.6 Å². The molecule has 0 amide bonds. The zero-order valence-electron chi connectivity index (χ0n) is 7.67. The lowest BCUT2D eigenvalue weighted by Crippen LogP contribution is -2.15. The first-order valence-corrected chi connectivity index (χ1v) is 4.41. The van der Waals surface area contributed by atoms with Gasteiger partial charge in [-0.1, -0.05) is 17.7 Å². The predicted octanol–water partition coefficient (Wildman–Crippen LogP) is 3.07. The van der Waals surface area contributed by atoms with Gasteiger partial charge in [-0.05, 0) is 19.1 Å². The molecule has 6 heteroatoms. The maximum atomic E-state index is 12.9. The van der Waals surface area contributed by atoms with E-state index in [0.717, 1.165) is 18.2 Å². The number of hydrogen-bond acceptors (Lipinski definition) is 3. The molecule has 0 radical (unpaired) electrons. The van der Waals surface area contributed by atoms with Gasteiger partial charge in [0.1, 0.15) is 0 Å². The molecule has 0 aliphatic rings. The molecule has 0 saturated carbocycles. The second-order valence-corrected chi connectivity index (χ2v) is 3.18. The fourth-order valence-electron chi connectivity index (χ4n) is 0.820. The summed E-state index contributed by atoms with van der Waals surface area (Å²) in [7, 11) is 0. The highest BCUT2D eigenvalue weighted by Gasteiger charge is 2.16. The second-order valence-electron chi connectivity index (χ2n) is 2.56. The van der Waals surface area contributed by atoms with Crippen molar-refractivity contribution >= 4 is 17.8 Å². The van der Waals surface area contributed by atoms with Gasteiger partial charge in [0.05, 0.1) is 0 Å². The van der Waals surface area contributed by atoms with Crippen LogP contribution in [0.3, 0.4) is 0 Å². The van der Waals surface area contributed by atoms with E-state index in [4.69, 9.17) is 11.6 Å². The largest absolute Gasteiger partial charge is 0.515 e. The minimum Gasteiger partial charge on any atom is -0.415 e. The van der Waals surface area contributed by atoms with E-state index in [-0.39, 0.29) is 0 Å². The number of alkyl halides is 1. The molecular weight excluding hydrogens is 230 g/mol. The first-order chi connectivity index (χ1) is 7.00. The van der Waals surface area contributed by atoms with Crippen LogP contribution in [0.4, 0.5) is 13.6 Å². The van der Waals surface area contributed by atoms with Gasteiger partial charge < -0.3 is 9.47 Å². The Morgan fingerprint density at radius 1 is 1.40 bits per heavy atom. The summed E-state index contributed by atoms with van der Waals surface area (Å²) in [5.41, 5.74) is -0.938. The van der Waals surface area contributed by atoms with Gasteiger partial charge in [-0.15, -0.1) is 0 Å². The molecule has 0 saturated heterocycles. The highest BCUT2D eigenvalue weighted by molar-refractivity contribution is 6.19. The van der Waals surface area contributed by atoms with Crippen LogP contribution in [0.2, 0.25) is 0 Å². The third kappa shape index (κ3) is 3.36.